The number of urea groups is 1. The molecule has 8 heteroatoms. The smallest absolute Gasteiger partial charge is 0.321 e. The van der Waals surface area contributed by atoms with E-state index in [2.05, 4.69) is 20.7 Å². The number of amides is 2. The van der Waals surface area contributed by atoms with Gasteiger partial charge in [0, 0.05) is 18.3 Å². The molecule has 1 N–H and O–H groups in total. The Labute approximate surface area is 139 Å². The quantitative estimate of drug-likeness (QED) is 0.796. The summed E-state index contributed by atoms with van der Waals surface area (Å²) < 4.78 is 5.12. The van der Waals surface area contributed by atoms with E-state index in [9.17, 15) is 4.79 Å². The van der Waals surface area contributed by atoms with Gasteiger partial charge in [0.2, 0.25) is 0 Å². The Hall–Kier alpha value is -3.16. The van der Waals surface area contributed by atoms with Crippen molar-refractivity contribution in [2.45, 2.75) is 20.4 Å². The lowest BCUT2D eigenvalue weighted by molar-refractivity contribution is 0.220. The molecule has 0 aliphatic rings. The minimum atomic E-state index is -0.208. The fourth-order valence-corrected chi connectivity index (χ4v) is 2.28. The molecular weight excluding hydrogens is 308 g/mol. The van der Waals surface area contributed by atoms with Gasteiger partial charge in [0.15, 0.2) is 0 Å². The number of hydrogen-bond acceptors (Lipinski definition) is 5. The third kappa shape index (κ3) is 3.27. The van der Waals surface area contributed by atoms with E-state index >= 15 is 0 Å². The molecule has 3 aromatic rings. The van der Waals surface area contributed by atoms with E-state index in [1.165, 1.54) is 4.80 Å². The molecule has 24 heavy (non-hydrogen) atoms. The van der Waals surface area contributed by atoms with E-state index in [4.69, 9.17) is 4.52 Å². The normalized spacial score (nSPS) is 10.6. The second-order valence-electron chi connectivity index (χ2n) is 5.45. The molecule has 0 atom stereocenters. The van der Waals surface area contributed by atoms with Gasteiger partial charge in [0.1, 0.15) is 5.76 Å². The SMILES string of the molecule is Cc1noc(C)c1CN(C)C(=O)Nc1ccc(-n2nccn2)cc1. The molecule has 0 fully saturated rings. The number of hydrogen-bond donors (Lipinski definition) is 1. The Kier molecular flexibility index (Phi) is 4.28. The van der Waals surface area contributed by atoms with Crippen molar-refractivity contribution >= 4 is 11.7 Å². The van der Waals surface area contributed by atoms with E-state index in [1.807, 2.05) is 26.0 Å². The summed E-state index contributed by atoms with van der Waals surface area (Å²) in [6.45, 7) is 4.13. The molecule has 124 valence electrons. The molecule has 2 heterocycles. The first-order chi connectivity index (χ1) is 11.5. The van der Waals surface area contributed by atoms with Gasteiger partial charge < -0.3 is 14.7 Å². The van der Waals surface area contributed by atoms with Gasteiger partial charge in [-0.15, -0.1) is 0 Å². The number of aromatic nitrogens is 4. The number of rotatable bonds is 4. The van der Waals surface area contributed by atoms with Crippen molar-refractivity contribution in [3.8, 4) is 5.69 Å². The summed E-state index contributed by atoms with van der Waals surface area (Å²) in [7, 11) is 1.73. The average Bonchev–Trinajstić information content (AvgIpc) is 3.21. The van der Waals surface area contributed by atoms with E-state index in [0.29, 0.717) is 12.2 Å². The first-order valence-corrected chi connectivity index (χ1v) is 7.45. The van der Waals surface area contributed by atoms with E-state index in [1.54, 1.807) is 36.5 Å². The van der Waals surface area contributed by atoms with Crippen LogP contribution in [0.5, 0.6) is 0 Å². The summed E-state index contributed by atoms with van der Waals surface area (Å²) in [6.07, 6.45) is 3.22. The molecular formula is C16H18N6O2. The first kappa shape index (κ1) is 15.7. The molecule has 8 nitrogen and oxygen atoms in total. The maximum absolute atomic E-state index is 12.3. The van der Waals surface area contributed by atoms with Crippen LogP contribution < -0.4 is 5.32 Å². The first-order valence-electron chi connectivity index (χ1n) is 7.45. The highest BCUT2D eigenvalue weighted by Gasteiger charge is 2.15. The lowest BCUT2D eigenvalue weighted by atomic mass is 10.2. The monoisotopic (exact) mass is 326 g/mol. The lowest BCUT2D eigenvalue weighted by Gasteiger charge is -2.18. The van der Waals surface area contributed by atoms with Crippen LogP contribution in [0.15, 0.2) is 41.2 Å². The van der Waals surface area contributed by atoms with Crippen LogP contribution >= 0.6 is 0 Å². The van der Waals surface area contributed by atoms with Crippen molar-refractivity contribution < 1.29 is 9.32 Å². The highest BCUT2D eigenvalue weighted by atomic mass is 16.5. The maximum Gasteiger partial charge on any atom is 0.321 e. The molecule has 0 bridgehead atoms. The lowest BCUT2D eigenvalue weighted by Crippen LogP contribution is -2.31. The molecule has 0 saturated carbocycles. The average molecular weight is 326 g/mol. The molecule has 0 spiro atoms. The van der Waals surface area contributed by atoms with Crippen molar-refractivity contribution in [1.82, 2.24) is 25.1 Å². The summed E-state index contributed by atoms with van der Waals surface area (Å²) in [5, 5.41) is 14.9. The van der Waals surface area contributed by atoms with Gasteiger partial charge in [-0.05, 0) is 38.1 Å². The number of carbonyl (C=O) groups is 1. The van der Waals surface area contributed by atoms with Crippen LogP contribution in [0.1, 0.15) is 17.0 Å². The van der Waals surface area contributed by atoms with Crippen molar-refractivity contribution in [2.24, 2.45) is 0 Å². The van der Waals surface area contributed by atoms with Gasteiger partial charge in [-0.2, -0.15) is 15.0 Å². The standard InChI is InChI=1S/C16H18N6O2/c1-11-15(12(2)24-20-11)10-21(3)16(23)19-13-4-6-14(7-5-13)22-17-8-9-18-22/h4-9H,10H2,1-3H3,(H,19,23). The molecule has 1 aromatic carbocycles. The Morgan fingerprint density at radius 2 is 1.88 bits per heavy atom. The second-order valence-corrected chi connectivity index (χ2v) is 5.45. The van der Waals surface area contributed by atoms with Gasteiger partial charge in [0.25, 0.3) is 0 Å². The molecule has 0 unspecified atom stereocenters. The highest BCUT2D eigenvalue weighted by molar-refractivity contribution is 5.89. The third-order valence-electron chi connectivity index (χ3n) is 3.69. The number of benzene rings is 1. The minimum Gasteiger partial charge on any atom is -0.361 e. The molecule has 2 amide bonds. The Morgan fingerprint density at radius 3 is 2.46 bits per heavy atom. The fourth-order valence-electron chi connectivity index (χ4n) is 2.28. The van der Waals surface area contributed by atoms with Gasteiger partial charge >= 0.3 is 6.03 Å². The van der Waals surface area contributed by atoms with Crippen molar-refractivity contribution in [3.63, 3.8) is 0 Å². The third-order valence-corrected chi connectivity index (χ3v) is 3.69. The number of nitrogens with one attached hydrogen (secondary N) is 1. The van der Waals surface area contributed by atoms with Crippen molar-refractivity contribution in [2.75, 3.05) is 12.4 Å². The van der Waals surface area contributed by atoms with Crippen LogP contribution in [0.2, 0.25) is 0 Å². The number of nitrogens with zero attached hydrogens (tertiary/aromatic N) is 5. The summed E-state index contributed by atoms with van der Waals surface area (Å²) in [5.74, 6) is 0.725. The number of anilines is 1. The van der Waals surface area contributed by atoms with Crippen LogP contribution in [-0.2, 0) is 6.54 Å². The molecule has 0 radical (unpaired) electrons. The predicted octanol–water partition coefficient (Wildman–Crippen LogP) is 2.54. The second kappa shape index (κ2) is 6.53. The van der Waals surface area contributed by atoms with Gasteiger partial charge in [-0.25, -0.2) is 4.79 Å². The van der Waals surface area contributed by atoms with Crippen LogP contribution in [0, 0.1) is 13.8 Å². The Morgan fingerprint density at radius 1 is 1.21 bits per heavy atom. The topological polar surface area (TPSA) is 89.1 Å². The van der Waals surface area contributed by atoms with Crippen LogP contribution in [0.3, 0.4) is 0 Å². The maximum atomic E-state index is 12.3. The molecule has 0 aliphatic carbocycles. The van der Waals surface area contributed by atoms with E-state index < -0.39 is 0 Å². The molecule has 2 aromatic heterocycles. The van der Waals surface area contributed by atoms with Crippen LogP contribution in [0.4, 0.5) is 10.5 Å². The Bertz CT molecular complexity index is 803. The zero-order valence-corrected chi connectivity index (χ0v) is 13.7. The summed E-state index contributed by atoms with van der Waals surface area (Å²) in [5.41, 5.74) is 3.24. The van der Waals surface area contributed by atoms with Crippen molar-refractivity contribution in [1.29, 1.82) is 0 Å². The van der Waals surface area contributed by atoms with Crippen LogP contribution in [-0.4, -0.2) is 38.1 Å². The van der Waals surface area contributed by atoms with Gasteiger partial charge in [0.05, 0.1) is 30.3 Å². The number of carbonyl (C=O) groups excluding carboxylic acids is 1. The van der Waals surface area contributed by atoms with Crippen molar-refractivity contribution in [3.05, 3.63) is 53.7 Å². The minimum absolute atomic E-state index is 0.208. The summed E-state index contributed by atoms with van der Waals surface area (Å²) in [4.78, 5) is 15.4. The van der Waals surface area contributed by atoms with Crippen LogP contribution in [0.25, 0.3) is 5.69 Å². The summed E-state index contributed by atoms with van der Waals surface area (Å²) >= 11 is 0. The largest absolute Gasteiger partial charge is 0.361 e. The van der Waals surface area contributed by atoms with Gasteiger partial charge in [-0.1, -0.05) is 5.16 Å². The van der Waals surface area contributed by atoms with E-state index in [-0.39, 0.29) is 6.03 Å². The zero-order valence-electron chi connectivity index (χ0n) is 13.7. The summed E-state index contributed by atoms with van der Waals surface area (Å²) in [6, 6.07) is 7.08. The van der Waals surface area contributed by atoms with Gasteiger partial charge in [-0.3, -0.25) is 0 Å². The molecule has 3 rings (SSSR count). The number of aryl methyl sites for hydroxylation is 2. The highest BCUT2D eigenvalue weighted by Crippen LogP contribution is 2.16. The van der Waals surface area contributed by atoms with E-state index in [0.717, 1.165) is 22.7 Å². The molecule has 0 aliphatic heterocycles. The Balaban J connectivity index is 1.64. The predicted molar refractivity (Wildman–Crippen MR) is 87.8 cm³/mol. The molecule has 0 saturated heterocycles. The zero-order chi connectivity index (χ0) is 17.1. The fraction of sp³-hybridized carbons (Fsp3) is 0.250.